The summed E-state index contributed by atoms with van der Waals surface area (Å²) in [6.45, 7) is 12.1. The number of hydrogen-bond donors (Lipinski definition) is 1. The van der Waals surface area contributed by atoms with Gasteiger partial charge in [0.2, 0.25) is 5.91 Å². The standard InChI is InChI=1S/C21H32N4O3/c1-3-23-12-14-24(15-13-23)11-5-10-22-19-16-20(26)25(21(19)27)17-6-8-18(9-7-17)28-4-2/h6-9,19,22H,3-5,10-16H2,1-2H3/t19-/m1/s1. The number of ether oxygens (including phenoxy) is 1. The van der Waals surface area contributed by atoms with E-state index >= 15 is 0 Å². The maximum Gasteiger partial charge on any atom is 0.251 e. The molecule has 7 nitrogen and oxygen atoms in total. The van der Waals surface area contributed by atoms with Crippen LogP contribution < -0.4 is 15.0 Å². The van der Waals surface area contributed by atoms with Crippen molar-refractivity contribution in [3.8, 4) is 5.75 Å². The summed E-state index contributed by atoms with van der Waals surface area (Å²) in [4.78, 5) is 31.3. The summed E-state index contributed by atoms with van der Waals surface area (Å²) >= 11 is 0. The van der Waals surface area contributed by atoms with Gasteiger partial charge in [-0.05, 0) is 57.2 Å². The second-order valence-corrected chi connectivity index (χ2v) is 7.33. The van der Waals surface area contributed by atoms with Crippen molar-refractivity contribution in [1.29, 1.82) is 0 Å². The zero-order chi connectivity index (χ0) is 19.9. The highest BCUT2D eigenvalue weighted by Crippen LogP contribution is 2.25. The number of anilines is 1. The molecule has 1 atom stereocenters. The predicted octanol–water partition coefficient (Wildman–Crippen LogP) is 1.33. The maximum atomic E-state index is 12.7. The summed E-state index contributed by atoms with van der Waals surface area (Å²) in [6, 6.07) is 6.69. The molecular weight excluding hydrogens is 356 g/mol. The molecule has 0 spiro atoms. The van der Waals surface area contributed by atoms with E-state index in [4.69, 9.17) is 4.74 Å². The van der Waals surface area contributed by atoms with Crippen molar-refractivity contribution in [3.05, 3.63) is 24.3 Å². The number of rotatable bonds is 9. The number of imide groups is 1. The zero-order valence-electron chi connectivity index (χ0n) is 17.0. The number of carbonyl (C=O) groups excluding carboxylic acids is 2. The minimum absolute atomic E-state index is 0.151. The number of piperazine rings is 1. The van der Waals surface area contributed by atoms with Crippen LogP contribution in [0.3, 0.4) is 0 Å². The van der Waals surface area contributed by atoms with Gasteiger partial charge in [0, 0.05) is 26.2 Å². The Hall–Kier alpha value is -1.96. The smallest absolute Gasteiger partial charge is 0.251 e. The lowest BCUT2D eigenvalue weighted by Gasteiger charge is -2.34. The van der Waals surface area contributed by atoms with Crippen molar-refractivity contribution in [1.82, 2.24) is 15.1 Å². The largest absolute Gasteiger partial charge is 0.494 e. The van der Waals surface area contributed by atoms with Gasteiger partial charge in [-0.2, -0.15) is 0 Å². The normalized spacial score (nSPS) is 21.5. The van der Waals surface area contributed by atoms with E-state index in [2.05, 4.69) is 22.0 Å². The number of nitrogens with one attached hydrogen (secondary N) is 1. The lowest BCUT2D eigenvalue weighted by Crippen LogP contribution is -2.47. The highest BCUT2D eigenvalue weighted by molar-refractivity contribution is 6.22. The van der Waals surface area contributed by atoms with E-state index in [0.717, 1.165) is 58.0 Å². The molecule has 28 heavy (non-hydrogen) atoms. The molecule has 0 unspecified atom stereocenters. The van der Waals surface area contributed by atoms with Crippen molar-refractivity contribution in [3.63, 3.8) is 0 Å². The predicted molar refractivity (Wildman–Crippen MR) is 110 cm³/mol. The molecule has 0 aromatic heterocycles. The Balaban J connectivity index is 1.43. The Kier molecular flexibility index (Phi) is 7.42. The van der Waals surface area contributed by atoms with E-state index in [-0.39, 0.29) is 18.2 Å². The first-order valence-corrected chi connectivity index (χ1v) is 10.4. The molecule has 0 radical (unpaired) electrons. The molecule has 0 aliphatic carbocycles. The minimum atomic E-state index is -0.420. The van der Waals surface area contributed by atoms with E-state index in [9.17, 15) is 9.59 Å². The fraction of sp³-hybridized carbons (Fsp3) is 0.619. The molecule has 0 bridgehead atoms. The molecule has 7 heteroatoms. The van der Waals surface area contributed by atoms with Crippen LogP contribution in [0.25, 0.3) is 0 Å². The molecule has 2 heterocycles. The lowest BCUT2D eigenvalue weighted by atomic mass is 10.2. The maximum absolute atomic E-state index is 12.7. The van der Waals surface area contributed by atoms with Crippen molar-refractivity contribution in [2.75, 3.05) is 57.3 Å². The Morgan fingerprint density at radius 1 is 1.04 bits per heavy atom. The molecule has 1 aromatic carbocycles. The number of nitrogens with zero attached hydrogens (tertiary/aromatic N) is 3. The summed E-state index contributed by atoms with van der Waals surface area (Å²) in [5.74, 6) is 0.424. The molecule has 2 amide bonds. The third kappa shape index (κ3) is 5.10. The van der Waals surface area contributed by atoms with Crippen molar-refractivity contribution < 1.29 is 14.3 Å². The van der Waals surface area contributed by atoms with E-state index in [1.807, 2.05) is 6.92 Å². The molecule has 2 saturated heterocycles. The monoisotopic (exact) mass is 388 g/mol. The highest BCUT2D eigenvalue weighted by Gasteiger charge is 2.39. The van der Waals surface area contributed by atoms with Crippen LogP contribution >= 0.6 is 0 Å². The average Bonchev–Trinajstić information content (AvgIpc) is 3.00. The molecule has 2 aliphatic rings. The molecule has 3 rings (SSSR count). The van der Waals surface area contributed by atoms with Crippen LogP contribution in [0.15, 0.2) is 24.3 Å². The number of likely N-dealkylation sites (N-methyl/N-ethyl adjacent to an activating group) is 1. The van der Waals surface area contributed by atoms with Crippen molar-refractivity contribution in [2.45, 2.75) is 32.7 Å². The summed E-state index contributed by atoms with van der Waals surface area (Å²) in [5.41, 5.74) is 0.608. The molecule has 154 valence electrons. The number of benzene rings is 1. The summed E-state index contributed by atoms with van der Waals surface area (Å²) in [7, 11) is 0. The molecule has 2 fully saturated rings. The van der Waals surface area contributed by atoms with Crippen LogP contribution in [0, 0.1) is 0 Å². The highest BCUT2D eigenvalue weighted by atomic mass is 16.5. The fourth-order valence-corrected chi connectivity index (χ4v) is 3.83. The average molecular weight is 389 g/mol. The second-order valence-electron chi connectivity index (χ2n) is 7.33. The van der Waals surface area contributed by atoms with Gasteiger partial charge in [0.1, 0.15) is 5.75 Å². The molecule has 1 aromatic rings. The van der Waals surface area contributed by atoms with Crippen LogP contribution in [-0.4, -0.2) is 80.1 Å². The lowest BCUT2D eigenvalue weighted by molar-refractivity contribution is -0.121. The Bertz CT molecular complexity index is 656. The summed E-state index contributed by atoms with van der Waals surface area (Å²) in [6.07, 6.45) is 1.20. The van der Waals surface area contributed by atoms with Gasteiger partial charge >= 0.3 is 0 Å². The summed E-state index contributed by atoms with van der Waals surface area (Å²) in [5, 5.41) is 3.28. The van der Waals surface area contributed by atoms with Crippen LogP contribution in [0.5, 0.6) is 5.75 Å². The van der Waals surface area contributed by atoms with E-state index in [1.54, 1.807) is 24.3 Å². The summed E-state index contributed by atoms with van der Waals surface area (Å²) < 4.78 is 5.42. The van der Waals surface area contributed by atoms with E-state index in [0.29, 0.717) is 12.3 Å². The first-order chi connectivity index (χ1) is 13.6. The Morgan fingerprint density at radius 3 is 2.36 bits per heavy atom. The van der Waals surface area contributed by atoms with Gasteiger partial charge < -0.3 is 19.9 Å². The van der Waals surface area contributed by atoms with Gasteiger partial charge in [0.05, 0.1) is 24.8 Å². The third-order valence-electron chi connectivity index (χ3n) is 5.51. The van der Waals surface area contributed by atoms with Crippen LogP contribution in [0.4, 0.5) is 5.69 Å². The Morgan fingerprint density at radius 2 is 1.71 bits per heavy atom. The molecule has 2 aliphatic heterocycles. The first kappa shape index (κ1) is 20.8. The van der Waals surface area contributed by atoms with Gasteiger partial charge in [-0.25, -0.2) is 4.90 Å². The number of carbonyl (C=O) groups is 2. The van der Waals surface area contributed by atoms with Gasteiger partial charge in [-0.3, -0.25) is 9.59 Å². The Labute approximate surface area is 167 Å². The zero-order valence-corrected chi connectivity index (χ0v) is 17.0. The quantitative estimate of drug-likeness (QED) is 0.509. The topological polar surface area (TPSA) is 65.1 Å². The third-order valence-corrected chi connectivity index (χ3v) is 5.51. The minimum Gasteiger partial charge on any atom is -0.494 e. The molecule has 0 saturated carbocycles. The van der Waals surface area contributed by atoms with Gasteiger partial charge in [0.25, 0.3) is 5.91 Å². The SMILES string of the molecule is CCOc1ccc(N2C(=O)C[C@@H](NCCCN3CCN(CC)CC3)C2=O)cc1. The first-order valence-electron chi connectivity index (χ1n) is 10.4. The van der Waals surface area contributed by atoms with Crippen molar-refractivity contribution >= 4 is 17.5 Å². The van der Waals surface area contributed by atoms with Crippen LogP contribution in [0.2, 0.25) is 0 Å². The van der Waals surface area contributed by atoms with Gasteiger partial charge in [0.15, 0.2) is 0 Å². The van der Waals surface area contributed by atoms with Crippen LogP contribution in [0.1, 0.15) is 26.7 Å². The van der Waals surface area contributed by atoms with Crippen molar-refractivity contribution in [2.24, 2.45) is 0 Å². The number of hydrogen-bond acceptors (Lipinski definition) is 6. The molecular formula is C21H32N4O3. The van der Waals surface area contributed by atoms with E-state index < -0.39 is 6.04 Å². The van der Waals surface area contributed by atoms with Crippen LogP contribution in [-0.2, 0) is 9.59 Å². The fourth-order valence-electron chi connectivity index (χ4n) is 3.83. The van der Waals surface area contributed by atoms with Gasteiger partial charge in [-0.15, -0.1) is 0 Å². The molecule has 1 N–H and O–H groups in total. The van der Waals surface area contributed by atoms with Gasteiger partial charge in [-0.1, -0.05) is 6.92 Å². The second kappa shape index (κ2) is 10.0. The number of amides is 2. The van der Waals surface area contributed by atoms with E-state index in [1.165, 1.54) is 4.90 Å².